The van der Waals surface area contributed by atoms with Crippen LogP contribution in [0.3, 0.4) is 0 Å². The summed E-state index contributed by atoms with van der Waals surface area (Å²) in [5, 5.41) is 8.86. The second-order valence-electron chi connectivity index (χ2n) is 3.01. The van der Waals surface area contributed by atoms with Gasteiger partial charge in [-0.3, -0.25) is 4.79 Å². The van der Waals surface area contributed by atoms with Gasteiger partial charge >= 0.3 is 5.97 Å². The summed E-state index contributed by atoms with van der Waals surface area (Å²) in [7, 11) is 0. The van der Waals surface area contributed by atoms with Crippen molar-refractivity contribution in [3.05, 3.63) is 12.2 Å². The fourth-order valence-corrected chi connectivity index (χ4v) is 0.904. The van der Waals surface area contributed by atoms with Crippen molar-refractivity contribution in [2.75, 3.05) is 13.2 Å². The lowest BCUT2D eigenvalue weighted by atomic mass is 10.0. The smallest absolute Gasteiger partial charge is 0.302 e. The van der Waals surface area contributed by atoms with Gasteiger partial charge < -0.3 is 9.84 Å². The lowest BCUT2D eigenvalue weighted by molar-refractivity contribution is -0.142. The van der Waals surface area contributed by atoms with E-state index in [1.807, 2.05) is 6.92 Å². The number of allylic oxidation sites excluding steroid dienone is 1. The van der Waals surface area contributed by atoms with Crippen LogP contribution in [0.15, 0.2) is 12.2 Å². The average Bonchev–Trinajstić information content (AvgIpc) is 1.97. The first-order chi connectivity index (χ1) is 5.56. The van der Waals surface area contributed by atoms with Gasteiger partial charge in [0.05, 0.1) is 6.61 Å². The molecule has 70 valence electrons. The standard InChI is InChI=1S/C9H16O3/c1-7(2)4-9(5-10)6-12-8(3)11/h9-10H,1,4-6H2,2-3H3. The van der Waals surface area contributed by atoms with Crippen LogP contribution >= 0.6 is 0 Å². The molecular formula is C9H16O3. The molecule has 0 radical (unpaired) electrons. The van der Waals surface area contributed by atoms with Crippen molar-refractivity contribution < 1.29 is 14.6 Å². The van der Waals surface area contributed by atoms with E-state index in [1.54, 1.807) is 0 Å². The maximum absolute atomic E-state index is 10.4. The molecule has 0 amide bonds. The molecule has 0 bridgehead atoms. The molecule has 0 aliphatic carbocycles. The Hall–Kier alpha value is -0.830. The summed E-state index contributed by atoms with van der Waals surface area (Å²) in [5.74, 6) is -0.318. The van der Waals surface area contributed by atoms with E-state index in [9.17, 15) is 4.79 Å². The fraction of sp³-hybridized carbons (Fsp3) is 0.667. The zero-order valence-electron chi connectivity index (χ0n) is 7.67. The van der Waals surface area contributed by atoms with Gasteiger partial charge in [-0.2, -0.15) is 0 Å². The van der Waals surface area contributed by atoms with Crippen molar-refractivity contribution in [1.82, 2.24) is 0 Å². The Balaban J connectivity index is 3.67. The Kier molecular flexibility index (Phi) is 5.37. The van der Waals surface area contributed by atoms with Crippen LogP contribution in [0.25, 0.3) is 0 Å². The van der Waals surface area contributed by atoms with E-state index in [-0.39, 0.29) is 25.1 Å². The van der Waals surface area contributed by atoms with Crippen LogP contribution in [0.2, 0.25) is 0 Å². The maximum atomic E-state index is 10.4. The maximum Gasteiger partial charge on any atom is 0.302 e. The first kappa shape index (κ1) is 11.2. The minimum Gasteiger partial charge on any atom is -0.465 e. The number of aliphatic hydroxyl groups is 1. The zero-order valence-corrected chi connectivity index (χ0v) is 7.67. The number of aliphatic hydroxyl groups excluding tert-OH is 1. The van der Waals surface area contributed by atoms with Crippen LogP contribution in [-0.4, -0.2) is 24.3 Å². The fourth-order valence-electron chi connectivity index (χ4n) is 0.904. The van der Waals surface area contributed by atoms with E-state index in [4.69, 9.17) is 9.84 Å². The quantitative estimate of drug-likeness (QED) is 0.499. The average molecular weight is 172 g/mol. The molecule has 1 N–H and O–H groups in total. The summed E-state index contributed by atoms with van der Waals surface area (Å²) >= 11 is 0. The number of hydrogen-bond acceptors (Lipinski definition) is 3. The highest BCUT2D eigenvalue weighted by Gasteiger charge is 2.08. The molecule has 1 atom stereocenters. The summed E-state index contributed by atoms with van der Waals surface area (Å²) in [5.41, 5.74) is 0.987. The normalized spacial score (nSPS) is 12.2. The molecule has 3 heteroatoms. The summed E-state index contributed by atoms with van der Waals surface area (Å²) in [4.78, 5) is 10.4. The highest BCUT2D eigenvalue weighted by atomic mass is 16.5. The van der Waals surface area contributed by atoms with Crippen LogP contribution < -0.4 is 0 Å². The van der Waals surface area contributed by atoms with Crippen molar-refractivity contribution in [3.63, 3.8) is 0 Å². The Morgan fingerprint density at radius 3 is 2.50 bits per heavy atom. The van der Waals surface area contributed by atoms with Gasteiger partial charge in [-0.25, -0.2) is 0 Å². The second-order valence-corrected chi connectivity index (χ2v) is 3.01. The molecule has 0 aromatic carbocycles. The third-order valence-corrected chi connectivity index (χ3v) is 1.42. The third-order valence-electron chi connectivity index (χ3n) is 1.42. The van der Waals surface area contributed by atoms with E-state index in [2.05, 4.69) is 6.58 Å². The molecule has 0 fully saturated rings. The van der Waals surface area contributed by atoms with Gasteiger partial charge in [0.1, 0.15) is 0 Å². The largest absolute Gasteiger partial charge is 0.465 e. The van der Waals surface area contributed by atoms with E-state index in [0.29, 0.717) is 6.42 Å². The van der Waals surface area contributed by atoms with Crippen molar-refractivity contribution in [2.45, 2.75) is 20.3 Å². The molecule has 1 unspecified atom stereocenters. The van der Waals surface area contributed by atoms with E-state index < -0.39 is 0 Å². The van der Waals surface area contributed by atoms with Crippen LogP contribution in [0.1, 0.15) is 20.3 Å². The lowest BCUT2D eigenvalue weighted by Crippen LogP contribution is -2.16. The summed E-state index contributed by atoms with van der Waals surface area (Å²) in [6.45, 7) is 7.26. The summed E-state index contributed by atoms with van der Waals surface area (Å²) < 4.78 is 4.76. The Bertz CT molecular complexity index is 163. The van der Waals surface area contributed by atoms with E-state index >= 15 is 0 Å². The van der Waals surface area contributed by atoms with Crippen LogP contribution in [0, 0.1) is 5.92 Å². The van der Waals surface area contributed by atoms with Crippen LogP contribution in [-0.2, 0) is 9.53 Å². The van der Waals surface area contributed by atoms with Gasteiger partial charge in [0.2, 0.25) is 0 Å². The SMILES string of the molecule is C=C(C)CC(CO)COC(C)=O. The number of hydrogen-bond donors (Lipinski definition) is 1. The number of carbonyl (C=O) groups excluding carboxylic acids is 1. The van der Waals surface area contributed by atoms with Crippen LogP contribution in [0.4, 0.5) is 0 Å². The first-order valence-electron chi connectivity index (χ1n) is 3.95. The molecule has 12 heavy (non-hydrogen) atoms. The molecule has 0 aliphatic heterocycles. The molecular weight excluding hydrogens is 156 g/mol. The van der Waals surface area contributed by atoms with Gasteiger partial charge in [0, 0.05) is 19.4 Å². The monoisotopic (exact) mass is 172 g/mol. The summed E-state index contributed by atoms with van der Waals surface area (Å²) in [6, 6.07) is 0. The van der Waals surface area contributed by atoms with E-state index in [1.165, 1.54) is 6.92 Å². The molecule has 0 heterocycles. The van der Waals surface area contributed by atoms with Gasteiger partial charge in [-0.05, 0) is 13.3 Å². The number of carbonyl (C=O) groups is 1. The molecule has 0 saturated carbocycles. The Labute approximate surface area is 73.0 Å². The minimum atomic E-state index is -0.310. The first-order valence-corrected chi connectivity index (χ1v) is 3.95. The van der Waals surface area contributed by atoms with Gasteiger partial charge in [-0.15, -0.1) is 6.58 Å². The molecule has 0 spiro atoms. The van der Waals surface area contributed by atoms with Gasteiger partial charge in [-0.1, -0.05) is 5.57 Å². The minimum absolute atomic E-state index is 0.00796. The lowest BCUT2D eigenvalue weighted by Gasteiger charge is -2.12. The number of rotatable bonds is 5. The predicted molar refractivity (Wildman–Crippen MR) is 46.6 cm³/mol. The molecule has 0 aromatic rings. The zero-order chi connectivity index (χ0) is 9.56. The highest BCUT2D eigenvalue weighted by Crippen LogP contribution is 2.09. The highest BCUT2D eigenvalue weighted by molar-refractivity contribution is 5.65. The molecule has 0 aliphatic rings. The Morgan fingerprint density at radius 1 is 1.58 bits per heavy atom. The molecule has 0 aromatic heterocycles. The van der Waals surface area contributed by atoms with Crippen molar-refractivity contribution in [3.8, 4) is 0 Å². The predicted octanol–water partition coefficient (Wildman–Crippen LogP) is 1.12. The van der Waals surface area contributed by atoms with Crippen molar-refractivity contribution in [2.24, 2.45) is 5.92 Å². The second kappa shape index (κ2) is 5.77. The van der Waals surface area contributed by atoms with Crippen LogP contribution in [0.5, 0.6) is 0 Å². The topological polar surface area (TPSA) is 46.5 Å². The van der Waals surface area contributed by atoms with Gasteiger partial charge in [0.25, 0.3) is 0 Å². The third kappa shape index (κ3) is 5.92. The molecule has 0 rings (SSSR count). The van der Waals surface area contributed by atoms with Crippen molar-refractivity contribution >= 4 is 5.97 Å². The van der Waals surface area contributed by atoms with E-state index in [0.717, 1.165) is 5.57 Å². The van der Waals surface area contributed by atoms with Gasteiger partial charge in [0.15, 0.2) is 0 Å². The molecule has 0 saturated heterocycles. The Morgan fingerprint density at radius 2 is 2.17 bits per heavy atom. The van der Waals surface area contributed by atoms with Crippen molar-refractivity contribution in [1.29, 1.82) is 0 Å². The summed E-state index contributed by atoms with van der Waals surface area (Å²) in [6.07, 6.45) is 0.698. The number of ether oxygens (including phenoxy) is 1. The number of esters is 1. The molecule has 3 nitrogen and oxygen atoms in total.